The molecule has 0 saturated carbocycles. The lowest BCUT2D eigenvalue weighted by Crippen LogP contribution is -2.38. The summed E-state index contributed by atoms with van der Waals surface area (Å²) in [6, 6.07) is 11.3. The van der Waals surface area contributed by atoms with Crippen LogP contribution in [0.15, 0.2) is 53.7 Å². The number of hydrogen-bond acceptors (Lipinski definition) is 5. The highest BCUT2D eigenvalue weighted by molar-refractivity contribution is 5.96. The van der Waals surface area contributed by atoms with Gasteiger partial charge in [0.05, 0.1) is 32.9 Å². The largest absolute Gasteiger partial charge is 0.493 e. The minimum atomic E-state index is -0.541. The molecule has 0 aromatic heterocycles. The maximum Gasteiger partial charge on any atom is 0.336 e. The van der Waals surface area contributed by atoms with Crippen molar-refractivity contribution in [3.8, 4) is 11.5 Å². The molecule has 7 heteroatoms. The topological polar surface area (TPSA) is 65.1 Å². The number of benzene rings is 2. The van der Waals surface area contributed by atoms with Gasteiger partial charge in [0.1, 0.15) is 5.82 Å². The Morgan fingerprint density at radius 3 is 2.45 bits per heavy atom. The van der Waals surface area contributed by atoms with E-state index in [1.54, 1.807) is 43.0 Å². The van der Waals surface area contributed by atoms with Gasteiger partial charge in [-0.25, -0.2) is 9.18 Å². The van der Waals surface area contributed by atoms with Gasteiger partial charge >= 0.3 is 5.97 Å². The second-order valence-corrected chi connectivity index (χ2v) is 7.17. The fourth-order valence-electron chi connectivity index (χ4n) is 3.90. The molecule has 31 heavy (non-hydrogen) atoms. The number of halogens is 1. The lowest BCUT2D eigenvalue weighted by atomic mass is 9.83. The summed E-state index contributed by atoms with van der Waals surface area (Å²) < 4.78 is 29.5. The zero-order chi connectivity index (χ0) is 22.5. The van der Waals surface area contributed by atoms with Crippen molar-refractivity contribution in [2.75, 3.05) is 20.8 Å². The first-order valence-corrected chi connectivity index (χ1v) is 10.0. The number of allylic oxidation sites excluding steroid dienone is 1. The van der Waals surface area contributed by atoms with E-state index in [1.165, 1.54) is 26.4 Å². The Morgan fingerprint density at radius 1 is 1.13 bits per heavy atom. The number of para-hydroxylation sites is 1. The summed E-state index contributed by atoms with van der Waals surface area (Å²) in [6.45, 7) is 3.91. The quantitative estimate of drug-likeness (QED) is 0.620. The van der Waals surface area contributed by atoms with Crippen molar-refractivity contribution in [3.05, 3.63) is 70.7 Å². The second kappa shape index (κ2) is 9.64. The fraction of sp³-hybridized carbons (Fsp3) is 0.333. The van der Waals surface area contributed by atoms with Gasteiger partial charge in [0.15, 0.2) is 11.5 Å². The highest BCUT2D eigenvalue weighted by Crippen LogP contribution is 2.44. The fourth-order valence-corrected chi connectivity index (χ4v) is 3.90. The molecule has 0 aliphatic carbocycles. The van der Waals surface area contributed by atoms with Crippen molar-refractivity contribution in [1.82, 2.24) is 4.90 Å². The Kier molecular flexibility index (Phi) is 6.95. The maximum atomic E-state index is 13.3. The average molecular weight is 427 g/mol. The Labute approximate surface area is 181 Å². The van der Waals surface area contributed by atoms with Crippen LogP contribution < -0.4 is 9.47 Å². The van der Waals surface area contributed by atoms with E-state index in [2.05, 4.69) is 0 Å². The van der Waals surface area contributed by atoms with Gasteiger partial charge in [-0.3, -0.25) is 4.79 Å². The Balaban J connectivity index is 2.09. The smallest absolute Gasteiger partial charge is 0.336 e. The van der Waals surface area contributed by atoms with Crippen molar-refractivity contribution in [1.29, 1.82) is 0 Å². The monoisotopic (exact) mass is 427 g/mol. The van der Waals surface area contributed by atoms with E-state index in [-0.39, 0.29) is 31.3 Å². The molecular formula is C24H26FNO5. The molecule has 1 unspecified atom stereocenters. The van der Waals surface area contributed by atoms with E-state index in [1.807, 2.05) is 6.07 Å². The number of esters is 1. The molecule has 1 aliphatic heterocycles. The number of carbonyl (C=O) groups excluding carboxylic acids is 2. The molecule has 1 amide bonds. The number of carbonyl (C=O) groups is 2. The van der Waals surface area contributed by atoms with E-state index in [4.69, 9.17) is 14.2 Å². The standard InChI is InChI=1S/C24H26FNO5/c1-5-31-24(28)22-15(2)26(14-16-9-11-17(25)12-10-16)21(27)13-19(22)18-7-6-8-20(29-3)23(18)30-4/h6-12,19H,5,13-14H2,1-4H3. The van der Waals surface area contributed by atoms with Gasteiger partial charge in [-0.1, -0.05) is 24.3 Å². The van der Waals surface area contributed by atoms with Crippen LogP contribution in [0.3, 0.4) is 0 Å². The van der Waals surface area contributed by atoms with Crippen LogP contribution in [0.4, 0.5) is 4.39 Å². The molecule has 164 valence electrons. The normalized spacial score (nSPS) is 16.4. The third-order valence-electron chi connectivity index (χ3n) is 5.38. The van der Waals surface area contributed by atoms with Gasteiger partial charge in [-0.05, 0) is 37.6 Å². The molecule has 2 aromatic rings. The average Bonchev–Trinajstić information content (AvgIpc) is 2.76. The summed E-state index contributed by atoms with van der Waals surface area (Å²) in [4.78, 5) is 27.6. The first-order chi connectivity index (χ1) is 14.9. The lowest BCUT2D eigenvalue weighted by Gasteiger charge is -2.35. The van der Waals surface area contributed by atoms with E-state index >= 15 is 0 Å². The van der Waals surface area contributed by atoms with Gasteiger partial charge in [0.2, 0.25) is 5.91 Å². The second-order valence-electron chi connectivity index (χ2n) is 7.17. The zero-order valence-corrected chi connectivity index (χ0v) is 18.1. The Morgan fingerprint density at radius 2 is 1.84 bits per heavy atom. The number of ether oxygens (including phenoxy) is 3. The summed E-state index contributed by atoms with van der Waals surface area (Å²) in [5.41, 5.74) is 2.35. The maximum absolute atomic E-state index is 13.3. The molecule has 1 heterocycles. The molecule has 0 bridgehead atoms. The van der Waals surface area contributed by atoms with Crippen molar-refractivity contribution >= 4 is 11.9 Å². The minimum Gasteiger partial charge on any atom is -0.493 e. The molecule has 6 nitrogen and oxygen atoms in total. The molecule has 0 saturated heterocycles. The molecule has 3 rings (SSSR count). The summed E-state index contributed by atoms with van der Waals surface area (Å²) >= 11 is 0. The first kappa shape index (κ1) is 22.3. The molecule has 0 fully saturated rings. The van der Waals surface area contributed by atoms with Crippen molar-refractivity contribution in [3.63, 3.8) is 0 Å². The van der Waals surface area contributed by atoms with Crippen LogP contribution in [0.25, 0.3) is 0 Å². The predicted octanol–water partition coefficient (Wildman–Crippen LogP) is 4.20. The van der Waals surface area contributed by atoms with E-state index in [0.717, 1.165) is 5.56 Å². The Bertz CT molecular complexity index is 1000. The molecule has 0 N–H and O–H groups in total. The van der Waals surface area contributed by atoms with Gasteiger partial charge in [0, 0.05) is 23.6 Å². The van der Waals surface area contributed by atoms with E-state index < -0.39 is 11.9 Å². The molecule has 1 aliphatic rings. The summed E-state index contributed by atoms with van der Waals surface area (Å²) in [6.07, 6.45) is 0.0657. The third-order valence-corrected chi connectivity index (χ3v) is 5.38. The Hall–Kier alpha value is -3.35. The highest BCUT2D eigenvalue weighted by Gasteiger charge is 2.38. The number of hydrogen-bond donors (Lipinski definition) is 0. The van der Waals surface area contributed by atoms with Crippen molar-refractivity contribution in [2.45, 2.75) is 32.7 Å². The first-order valence-electron chi connectivity index (χ1n) is 10.0. The highest BCUT2D eigenvalue weighted by atomic mass is 19.1. The van der Waals surface area contributed by atoms with Crippen molar-refractivity contribution < 1.29 is 28.2 Å². The molecule has 1 atom stereocenters. The van der Waals surface area contributed by atoms with E-state index in [0.29, 0.717) is 28.3 Å². The SMILES string of the molecule is CCOC(=O)C1=C(C)N(Cc2ccc(F)cc2)C(=O)CC1c1cccc(OC)c1OC. The zero-order valence-electron chi connectivity index (χ0n) is 18.1. The molecular weight excluding hydrogens is 401 g/mol. The van der Waals surface area contributed by atoms with Gasteiger partial charge < -0.3 is 19.1 Å². The molecule has 2 aromatic carbocycles. The summed E-state index contributed by atoms with van der Waals surface area (Å²) in [5, 5.41) is 0. The van der Waals surface area contributed by atoms with E-state index in [9.17, 15) is 14.0 Å². The molecule has 0 radical (unpaired) electrons. The van der Waals surface area contributed by atoms with Crippen LogP contribution in [0, 0.1) is 5.82 Å². The molecule has 0 spiro atoms. The summed E-state index contributed by atoms with van der Waals surface area (Å²) in [5.74, 6) is -0.526. The van der Waals surface area contributed by atoms with Crippen LogP contribution in [0.2, 0.25) is 0 Å². The summed E-state index contributed by atoms with van der Waals surface area (Å²) in [7, 11) is 3.05. The van der Waals surface area contributed by atoms with Crippen molar-refractivity contribution in [2.24, 2.45) is 0 Å². The van der Waals surface area contributed by atoms with Crippen LogP contribution in [-0.4, -0.2) is 37.6 Å². The number of methoxy groups -OCH3 is 2. The van der Waals surface area contributed by atoms with Crippen LogP contribution in [-0.2, 0) is 20.9 Å². The minimum absolute atomic E-state index is 0.0657. The van der Waals surface area contributed by atoms with Crippen LogP contribution in [0.5, 0.6) is 11.5 Å². The van der Waals surface area contributed by atoms with Crippen LogP contribution in [0.1, 0.15) is 37.3 Å². The van der Waals surface area contributed by atoms with Gasteiger partial charge in [-0.2, -0.15) is 0 Å². The lowest BCUT2D eigenvalue weighted by molar-refractivity contribution is -0.140. The number of nitrogens with zero attached hydrogens (tertiary/aromatic N) is 1. The van der Waals surface area contributed by atoms with Crippen LogP contribution >= 0.6 is 0 Å². The predicted molar refractivity (Wildman–Crippen MR) is 113 cm³/mol. The third kappa shape index (κ3) is 4.55. The van der Waals surface area contributed by atoms with Gasteiger partial charge in [-0.15, -0.1) is 0 Å². The number of amides is 1. The number of rotatable bonds is 7. The van der Waals surface area contributed by atoms with Gasteiger partial charge in [0.25, 0.3) is 0 Å².